The smallest absolute Gasteiger partial charge is 0.287 e. The molecule has 0 saturated carbocycles. The maximum Gasteiger partial charge on any atom is 0.287 e. The fourth-order valence-corrected chi connectivity index (χ4v) is 2.47. The number of benzene rings is 1. The molecule has 3 rings (SSSR count). The standard InChI is InChI=1S/C18H18ClN3O3/c1-12-13(10-22(2)21-12)9-20-18(23)17-8-7-16(25-17)11-24-15-5-3-14(19)4-6-15/h3-8,10H,9,11H2,1-2H3,(H,20,23). The van der Waals surface area contributed by atoms with Crippen LogP contribution in [0.15, 0.2) is 47.0 Å². The number of ether oxygens (including phenoxy) is 1. The number of furan rings is 1. The number of amides is 1. The Morgan fingerprint density at radius 2 is 2.04 bits per heavy atom. The number of hydrogen-bond acceptors (Lipinski definition) is 4. The van der Waals surface area contributed by atoms with E-state index < -0.39 is 0 Å². The van der Waals surface area contributed by atoms with Crippen LogP contribution in [0.2, 0.25) is 5.02 Å². The van der Waals surface area contributed by atoms with Gasteiger partial charge in [-0.3, -0.25) is 9.48 Å². The van der Waals surface area contributed by atoms with Gasteiger partial charge in [0.2, 0.25) is 0 Å². The first kappa shape index (κ1) is 17.1. The largest absolute Gasteiger partial charge is 0.486 e. The zero-order chi connectivity index (χ0) is 17.8. The van der Waals surface area contributed by atoms with Crippen molar-refractivity contribution in [2.24, 2.45) is 7.05 Å². The SMILES string of the molecule is Cc1nn(C)cc1CNC(=O)c1ccc(COc2ccc(Cl)cc2)o1. The zero-order valence-corrected chi connectivity index (χ0v) is 14.7. The summed E-state index contributed by atoms with van der Waals surface area (Å²) in [5, 5.41) is 7.71. The van der Waals surface area contributed by atoms with Crippen molar-refractivity contribution >= 4 is 17.5 Å². The van der Waals surface area contributed by atoms with Crippen molar-refractivity contribution in [1.82, 2.24) is 15.1 Å². The highest BCUT2D eigenvalue weighted by Gasteiger charge is 2.12. The van der Waals surface area contributed by atoms with Crippen LogP contribution in [0, 0.1) is 6.92 Å². The number of halogens is 1. The first-order valence-corrected chi connectivity index (χ1v) is 8.13. The maximum absolute atomic E-state index is 12.2. The van der Waals surface area contributed by atoms with Gasteiger partial charge >= 0.3 is 0 Å². The van der Waals surface area contributed by atoms with Crippen molar-refractivity contribution in [3.05, 3.63) is 70.4 Å². The van der Waals surface area contributed by atoms with E-state index in [1.165, 1.54) is 0 Å². The Labute approximate surface area is 150 Å². The zero-order valence-electron chi connectivity index (χ0n) is 14.0. The highest BCUT2D eigenvalue weighted by Crippen LogP contribution is 2.18. The third kappa shape index (κ3) is 4.42. The summed E-state index contributed by atoms with van der Waals surface area (Å²) in [5.74, 6) is 1.22. The molecule has 0 aliphatic carbocycles. The van der Waals surface area contributed by atoms with E-state index in [-0.39, 0.29) is 18.3 Å². The lowest BCUT2D eigenvalue weighted by molar-refractivity contribution is 0.0919. The van der Waals surface area contributed by atoms with E-state index in [2.05, 4.69) is 10.4 Å². The Balaban J connectivity index is 1.54. The summed E-state index contributed by atoms with van der Waals surface area (Å²) in [5.41, 5.74) is 1.85. The molecule has 25 heavy (non-hydrogen) atoms. The minimum atomic E-state index is -0.277. The van der Waals surface area contributed by atoms with Crippen LogP contribution in [0.3, 0.4) is 0 Å². The van der Waals surface area contributed by atoms with Gasteiger partial charge in [0, 0.05) is 30.4 Å². The summed E-state index contributed by atoms with van der Waals surface area (Å²) in [6.07, 6.45) is 1.88. The Morgan fingerprint density at radius 3 is 2.72 bits per heavy atom. The second kappa shape index (κ2) is 7.44. The number of aryl methyl sites for hydroxylation is 2. The molecule has 6 nitrogen and oxygen atoms in total. The van der Waals surface area contributed by atoms with Gasteiger partial charge in [-0.15, -0.1) is 0 Å². The van der Waals surface area contributed by atoms with Gasteiger partial charge in [-0.1, -0.05) is 11.6 Å². The van der Waals surface area contributed by atoms with Gasteiger partial charge in [-0.05, 0) is 43.3 Å². The molecular formula is C18H18ClN3O3. The molecule has 1 amide bonds. The highest BCUT2D eigenvalue weighted by atomic mass is 35.5. The summed E-state index contributed by atoms with van der Waals surface area (Å²) < 4.78 is 12.8. The Morgan fingerprint density at radius 1 is 1.28 bits per heavy atom. The average Bonchev–Trinajstić information content (AvgIpc) is 3.18. The summed E-state index contributed by atoms with van der Waals surface area (Å²) in [6.45, 7) is 2.53. The number of rotatable bonds is 6. The van der Waals surface area contributed by atoms with Crippen LogP contribution in [-0.2, 0) is 20.2 Å². The maximum atomic E-state index is 12.2. The van der Waals surface area contributed by atoms with E-state index in [0.717, 1.165) is 11.3 Å². The Bertz CT molecular complexity index is 868. The molecular weight excluding hydrogens is 342 g/mol. The lowest BCUT2D eigenvalue weighted by Gasteiger charge is -2.04. The molecule has 2 heterocycles. The second-order valence-electron chi connectivity index (χ2n) is 5.60. The van der Waals surface area contributed by atoms with Gasteiger partial charge in [0.1, 0.15) is 18.1 Å². The molecule has 0 bridgehead atoms. The van der Waals surface area contributed by atoms with E-state index >= 15 is 0 Å². The van der Waals surface area contributed by atoms with Crippen LogP contribution < -0.4 is 10.1 Å². The van der Waals surface area contributed by atoms with Crippen LogP contribution in [-0.4, -0.2) is 15.7 Å². The summed E-state index contributed by atoms with van der Waals surface area (Å²) in [6, 6.07) is 10.4. The van der Waals surface area contributed by atoms with Crippen molar-refractivity contribution in [3.63, 3.8) is 0 Å². The monoisotopic (exact) mass is 359 g/mol. The minimum absolute atomic E-state index is 0.233. The number of nitrogens with zero attached hydrogens (tertiary/aromatic N) is 2. The van der Waals surface area contributed by atoms with Gasteiger partial charge < -0.3 is 14.5 Å². The van der Waals surface area contributed by atoms with Crippen molar-refractivity contribution in [2.45, 2.75) is 20.1 Å². The predicted octanol–water partition coefficient (Wildman–Crippen LogP) is 3.48. The summed E-state index contributed by atoms with van der Waals surface area (Å²) >= 11 is 5.83. The van der Waals surface area contributed by atoms with Crippen molar-refractivity contribution in [1.29, 1.82) is 0 Å². The Kier molecular flexibility index (Phi) is 5.09. The van der Waals surface area contributed by atoms with E-state index in [1.54, 1.807) is 41.1 Å². The molecule has 0 spiro atoms. The summed E-state index contributed by atoms with van der Waals surface area (Å²) in [7, 11) is 1.85. The van der Waals surface area contributed by atoms with Crippen LogP contribution in [0.25, 0.3) is 0 Å². The molecule has 1 N–H and O–H groups in total. The van der Waals surface area contributed by atoms with Gasteiger partial charge in [-0.25, -0.2) is 0 Å². The van der Waals surface area contributed by atoms with Gasteiger partial charge in [0.15, 0.2) is 5.76 Å². The van der Waals surface area contributed by atoms with Crippen LogP contribution >= 0.6 is 11.6 Å². The van der Waals surface area contributed by atoms with Crippen LogP contribution in [0.1, 0.15) is 27.6 Å². The van der Waals surface area contributed by atoms with Crippen LogP contribution in [0.5, 0.6) is 5.75 Å². The predicted molar refractivity (Wildman–Crippen MR) is 93.6 cm³/mol. The Hall–Kier alpha value is -2.73. The summed E-state index contributed by atoms with van der Waals surface area (Å²) in [4.78, 5) is 12.2. The first-order valence-electron chi connectivity index (χ1n) is 7.75. The number of aromatic nitrogens is 2. The topological polar surface area (TPSA) is 69.3 Å². The van der Waals surface area contributed by atoms with Gasteiger partial charge in [-0.2, -0.15) is 5.10 Å². The van der Waals surface area contributed by atoms with Gasteiger partial charge in [0.25, 0.3) is 5.91 Å². The quantitative estimate of drug-likeness (QED) is 0.731. The highest BCUT2D eigenvalue weighted by molar-refractivity contribution is 6.30. The number of carbonyl (C=O) groups excluding carboxylic acids is 1. The van der Waals surface area contributed by atoms with E-state index in [0.29, 0.717) is 23.1 Å². The fraction of sp³-hybridized carbons (Fsp3) is 0.222. The molecule has 0 saturated heterocycles. The molecule has 7 heteroatoms. The van der Waals surface area contributed by atoms with Crippen molar-refractivity contribution in [3.8, 4) is 5.75 Å². The normalized spacial score (nSPS) is 10.7. The molecule has 0 aliphatic heterocycles. The van der Waals surface area contributed by atoms with Crippen molar-refractivity contribution < 1.29 is 13.9 Å². The average molecular weight is 360 g/mol. The number of nitrogens with one attached hydrogen (secondary N) is 1. The van der Waals surface area contributed by atoms with E-state index in [1.807, 2.05) is 20.2 Å². The molecule has 130 valence electrons. The molecule has 0 atom stereocenters. The molecule has 0 fully saturated rings. The lowest BCUT2D eigenvalue weighted by Crippen LogP contribution is -2.22. The third-order valence-electron chi connectivity index (χ3n) is 3.63. The first-order chi connectivity index (χ1) is 12.0. The molecule has 1 aromatic carbocycles. The van der Waals surface area contributed by atoms with Crippen molar-refractivity contribution in [2.75, 3.05) is 0 Å². The second-order valence-corrected chi connectivity index (χ2v) is 6.04. The molecule has 0 radical (unpaired) electrons. The van der Waals surface area contributed by atoms with Gasteiger partial charge in [0.05, 0.1) is 5.69 Å². The number of hydrogen-bond donors (Lipinski definition) is 1. The van der Waals surface area contributed by atoms with Crippen LogP contribution in [0.4, 0.5) is 0 Å². The minimum Gasteiger partial charge on any atom is -0.486 e. The fourth-order valence-electron chi connectivity index (χ4n) is 2.35. The van der Waals surface area contributed by atoms with E-state index in [9.17, 15) is 4.79 Å². The van der Waals surface area contributed by atoms with E-state index in [4.69, 9.17) is 20.8 Å². The molecule has 3 aromatic rings. The molecule has 2 aromatic heterocycles. The molecule has 0 unspecified atom stereocenters. The number of carbonyl (C=O) groups is 1. The lowest BCUT2D eigenvalue weighted by atomic mass is 10.2. The molecule has 0 aliphatic rings. The third-order valence-corrected chi connectivity index (χ3v) is 3.89.